The van der Waals surface area contributed by atoms with Gasteiger partial charge in [-0.05, 0) is 129 Å². The number of furan rings is 1. The van der Waals surface area contributed by atoms with E-state index in [-0.39, 0.29) is 31.9 Å². The van der Waals surface area contributed by atoms with Crippen LogP contribution in [0.2, 0.25) is 0 Å². The van der Waals surface area contributed by atoms with E-state index in [9.17, 15) is 0 Å². The Morgan fingerprint density at radius 2 is 1.38 bits per heavy atom. The van der Waals surface area contributed by atoms with Gasteiger partial charge in [0, 0.05) is 34.8 Å². The zero-order valence-corrected chi connectivity index (χ0v) is 40.3. The molecule has 63 heavy (non-hydrogen) atoms. The SMILES string of the molecule is Cc1cnc(-n2c3[c-]c(Oc4[c-]c(-c5cc6c(cn5)C(C)(C)C(C5CC(C)(C)CC(C)(C)C5)C6(C)C)c5oc6ccc7ccccc7c6c5c4)ccc3c3ccccc32)cc1C.[Pt+2]. The minimum absolute atomic E-state index is 0. The molecule has 0 aliphatic heterocycles. The molecule has 0 radical (unpaired) electrons. The molecule has 1 atom stereocenters. The third-order valence-corrected chi connectivity index (χ3v) is 14.9. The van der Waals surface area contributed by atoms with Gasteiger partial charge in [-0.2, -0.15) is 6.07 Å². The van der Waals surface area contributed by atoms with Gasteiger partial charge in [0.1, 0.15) is 11.4 Å². The molecule has 0 N–H and O–H groups in total. The van der Waals surface area contributed by atoms with E-state index in [1.54, 1.807) is 0 Å². The molecule has 2 aliphatic rings. The van der Waals surface area contributed by atoms with Crippen LogP contribution in [0.4, 0.5) is 0 Å². The van der Waals surface area contributed by atoms with Crippen molar-refractivity contribution < 1.29 is 30.2 Å². The molecule has 2 aliphatic carbocycles. The van der Waals surface area contributed by atoms with Gasteiger partial charge in [-0.3, -0.25) is 0 Å². The first-order valence-corrected chi connectivity index (χ1v) is 22.4. The van der Waals surface area contributed by atoms with Gasteiger partial charge in [0.05, 0.1) is 5.58 Å². The van der Waals surface area contributed by atoms with Gasteiger partial charge in [0.15, 0.2) is 0 Å². The number of rotatable bonds is 5. The van der Waals surface area contributed by atoms with Crippen molar-refractivity contribution in [1.82, 2.24) is 14.5 Å². The van der Waals surface area contributed by atoms with Crippen molar-refractivity contribution in [3.63, 3.8) is 0 Å². The second kappa shape index (κ2) is 14.4. The zero-order valence-electron chi connectivity index (χ0n) is 38.1. The average molecular weight is 1010 g/mol. The Balaban J connectivity index is 0.00000471. The predicted octanol–water partition coefficient (Wildman–Crippen LogP) is 15.3. The molecule has 4 aromatic heterocycles. The molecule has 4 heterocycles. The summed E-state index contributed by atoms with van der Waals surface area (Å²) in [5.74, 6) is 3.10. The van der Waals surface area contributed by atoms with Gasteiger partial charge in [0.2, 0.25) is 0 Å². The molecule has 320 valence electrons. The summed E-state index contributed by atoms with van der Waals surface area (Å²) in [5.41, 5.74) is 10.8. The Morgan fingerprint density at radius 3 is 2.14 bits per heavy atom. The number of benzene rings is 5. The summed E-state index contributed by atoms with van der Waals surface area (Å²) in [7, 11) is 0. The van der Waals surface area contributed by atoms with Crippen molar-refractivity contribution >= 4 is 54.5 Å². The number of ether oxygens (including phenoxy) is 1. The van der Waals surface area contributed by atoms with Crippen LogP contribution in [0.1, 0.15) is 96.9 Å². The smallest absolute Gasteiger partial charge is 0.503 e. The van der Waals surface area contributed by atoms with E-state index in [1.165, 1.54) is 36.0 Å². The van der Waals surface area contributed by atoms with Crippen LogP contribution in [0.25, 0.3) is 71.6 Å². The van der Waals surface area contributed by atoms with Gasteiger partial charge in [-0.15, -0.1) is 17.5 Å². The van der Waals surface area contributed by atoms with Gasteiger partial charge in [-0.1, -0.05) is 139 Å². The van der Waals surface area contributed by atoms with Gasteiger partial charge in [-0.25, -0.2) is 4.98 Å². The van der Waals surface area contributed by atoms with Crippen LogP contribution < -0.4 is 4.74 Å². The molecule has 0 bridgehead atoms. The quantitative estimate of drug-likeness (QED) is 0.161. The van der Waals surface area contributed by atoms with Gasteiger partial charge in [0.25, 0.3) is 0 Å². The van der Waals surface area contributed by atoms with Crippen molar-refractivity contribution in [2.75, 3.05) is 0 Å². The summed E-state index contributed by atoms with van der Waals surface area (Å²) in [5, 5.41) is 6.56. The number of pyridine rings is 2. The van der Waals surface area contributed by atoms with Crippen molar-refractivity contribution in [2.45, 2.75) is 99.3 Å². The number of nitrogens with zero attached hydrogens (tertiary/aromatic N) is 3. The Morgan fingerprint density at radius 1 is 0.667 bits per heavy atom. The summed E-state index contributed by atoms with van der Waals surface area (Å²) in [6, 6.07) is 39.3. The fraction of sp³-hybridized carbons (Fsp3) is 0.333. The van der Waals surface area contributed by atoms with E-state index >= 15 is 0 Å². The van der Waals surface area contributed by atoms with Crippen molar-refractivity contribution in [1.29, 1.82) is 0 Å². The molecule has 1 fully saturated rings. The van der Waals surface area contributed by atoms with Gasteiger partial charge < -0.3 is 18.7 Å². The van der Waals surface area contributed by atoms with E-state index in [0.29, 0.717) is 34.2 Å². The van der Waals surface area contributed by atoms with E-state index < -0.39 is 0 Å². The first-order valence-electron chi connectivity index (χ1n) is 22.4. The minimum Gasteiger partial charge on any atom is -0.503 e. The molecule has 0 saturated heterocycles. The molecule has 5 nitrogen and oxygen atoms in total. The molecule has 5 aromatic carbocycles. The van der Waals surface area contributed by atoms with E-state index in [4.69, 9.17) is 19.1 Å². The number of fused-ring (bicyclic) bond motifs is 9. The number of aromatic nitrogens is 3. The topological polar surface area (TPSA) is 53.1 Å². The molecular formula is C57H55N3O2Pt. The van der Waals surface area contributed by atoms with Crippen LogP contribution in [0.5, 0.6) is 11.5 Å². The Bertz CT molecular complexity index is 3290. The van der Waals surface area contributed by atoms with E-state index in [0.717, 1.165) is 77.2 Å². The summed E-state index contributed by atoms with van der Waals surface area (Å²) in [4.78, 5) is 10.2. The summed E-state index contributed by atoms with van der Waals surface area (Å²) >= 11 is 0. The van der Waals surface area contributed by atoms with Crippen molar-refractivity contribution in [3.05, 3.63) is 138 Å². The largest absolute Gasteiger partial charge is 2.00 e. The third-order valence-electron chi connectivity index (χ3n) is 14.9. The molecule has 0 amide bonds. The van der Waals surface area contributed by atoms with Crippen LogP contribution in [0.15, 0.2) is 108 Å². The molecule has 1 unspecified atom stereocenters. The monoisotopic (exact) mass is 1010 g/mol. The number of aryl methyl sites for hydroxylation is 2. The standard InChI is InChI=1S/C57H55N3O2.Pt/c1-33-23-50(59-30-34(33)2)60-47-18-14-13-17-40(47)41-21-20-37(26-48(41)60)61-38-24-42(52-43(25-38)51-39-16-12-11-15-35(39)19-22-49(51)62-52)46-27-44-45(31-58-46)57(9,10)53(56(44,7)8)36-28-54(3,4)32-55(5,6)29-36;/h11-23,25,27,30-31,36,53H,28-29,32H2,1-10H3;/q-2;+2. The number of hydrogen-bond donors (Lipinski definition) is 0. The number of para-hydroxylation sites is 1. The van der Waals surface area contributed by atoms with Crippen LogP contribution >= 0.6 is 0 Å². The maximum Gasteiger partial charge on any atom is 2.00 e. The maximum atomic E-state index is 6.90. The van der Waals surface area contributed by atoms with E-state index in [1.807, 2.05) is 12.3 Å². The van der Waals surface area contributed by atoms with Crippen molar-refractivity contribution in [3.8, 4) is 28.6 Å². The van der Waals surface area contributed by atoms with Crippen molar-refractivity contribution in [2.24, 2.45) is 22.7 Å². The second-order valence-corrected chi connectivity index (χ2v) is 21.4. The maximum absolute atomic E-state index is 6.90. The Hall–Kier alpha value is -5.25. The summed E-state index contributed by atoms with van der Waals surface area (Å²) < 4.78 is 16.0. The predicted molar refractivity (Wildman–Crippen MR) is 255 cm³/mol. The minimum atomic E-state index is -0.0737. The van der Waals surface area contributed by atoms with Crippen LogP contribution in [-0.2, 0) is 31.9 Å². The van der Waals surface area contributed by atoms with Gasteiger partial charge >= 0.3 is 21.1 Å². The molecular weight excluding hydrogens is 954 g/mol. The normalized spacial score (nSPS) is 18.9. The fourth-order valence-corrected chi connectivity index (χ4v) is 13.0. The zero-order chi connectivity index (χ0) is 43.1. The molecule has 9 aromatic rings. The molecule has 0 spiro atoms. The Labute approximate surface area is 385 Å². The molecule has 11 rings (SSSR count). The summed E-state index contributed by atoms with van der Waals surface area (Å²) in [6.45, 7) is 24.0. The van der Waals surface area contributed by atoms with E-state index in [2.05, 4.69) is 177 Å². The first kappa shape index (κ1) is 41.7. The molecule has 6 heteroatoms. The van der Waals surface area contributed by atoms with Crippen LogP contribution in [0, 0.1) is 48.6 Å². The first-order chi connectivity index (χ1) is 29.5. The van der Waals surface area contributed by atoms with Crippen LogP contribution in [0.3, 0.4) is 0 Å². The fourth-order valence-electron chi connectivity index (χ4n) is 13.0. The summed E-state index contributed by atoms with van der Waals surface area (Å²) in [6.07, 6.45) is 7.86. The average Bonchev–Trinajstić information content (AvgIpc) is 3.80. The van der Waals surface area contributed by atoms with Crippen LogP contribution in [-0.4, -0.2) is 14.5 Å². The third kappa shape index (κ3) is 6.58. The second-order valence-electron chi connectivity index (χ2n) is 21.4. The number of hydrogen-bond acceptors (Lipinski definition) is 4. The molecule has 1 saturated carbocycles. The Kier molecular flexibility index (Phi) is 9.53.